The van der Waals surface area contributed by atoms with E-state index in [-0.39, 0.29) is 27.9 Å². The minimum atomic E-state index is -4.69. The van der Waals surface area contributed by atoms with Gasteiger partial charge in [-0.2, -0.15) is 17.6 Å². The molecule has 0 unspecified atom stereocenters. The number of hydrogen-bond acceptors (Lipinski definition) is 6. The normalized spacial score (nSPS) is 12.5. The highest BCUT2D eigenvalue weighted by molar-refractivity contribution is 6.22. The lowest BCUT2D eigenvalue weighted by molar-refractivity contribution is -0.137. The van der Waals surface area contributed by atoms with E-state index in [2.05, 4.69) is 20.1 Å². The summed E-state index contributed by atoms with van der Waals surface area (Å²) in [7, 11) is 0. The van der Waals surface area contributed by atoms with Gasteiger partial charge >= 0.3 is 6.18 Å². The number of carbonyl (C=O) groups is 1. The zero-order valence-corrected chi connectivity index (χ0v) is 14.8. The van der Waals surface area contributed by atoms with E-state index >= 15 is 0 Å². The molecule has 30 heavy (non-hydrogen) atoms. The van der Waals surface area contributed by atoms with E-state index < -0.39 is 23.7 Å². The van der Waals surface area contributed by atoms with Gasteiger partial charge in [-0.15, -0.1) is 5.10 Å². The van der Waals surface area contributed by atoms with Crippen molar-refractivity contribution in [3.8, 4) is 11.4 Å². The highest BCUT2D eigenvalue weighted by Gasteiger charge is 2.32. The van der Waals surface area contributed by atoms with Crippen molar-refractivity contribution >= 4 is 28.6 Å². The van der Waals surface area contributed by atoms with Gasteiger partial charge in [0, 0.05) is 41.2 Å². The molecule has 4 rings (SSSR count). The Morgan fingerprint density at radius 1 is 1.17 bits per heavy atom. The first-order valence-electron chi connectivity index (χ1n) is 8.21. The first-order chi connectivity index (χ1) is 14.2. The molecule has 0 saturated heterocycles. The second-order valence-corrected chi connectivity index (χ2v) is 6.07. The van der Waals surface area contributed by atoms with Crippen LogP contribution in [0.4, 0.5) is 17.6 Å². The standard InChI is InChI=1S/C18H10F4N6O2/c19-15-3-11-12(1-10(18(20,21)22)2-14(11)30-15)17-26-8-28(27-17)6-13(16(23)29)9-4-24-7-25-5-9/h1-8H,(H2,23,29)/b13-6+. The second kappa shape index (κ2) is 7.06. The van der Waals surface area contributed by atoms with Gasteiger partial charge in [0.1, 0.15) is 18.2 Å². The van der Waals surface area contributed by atoms with Crippen LogP contribution in [0.25, 0.3) is 34.1 Å². The number of rotatable bonds is 4. The van der Waals surface area contributed by atoms with E-state index in [1.165, 1.54) is 24.9 Å². The van der Waals surface area contributed by atoms with E-state index in [4.69, 9.17) is 10.2 Å². The molecule has 152 valence electrons. The zero-order chi connectivity index (χ0) is 21.5. The van der Waals surface area contributed by atoms with E-state index in [0.29, 0.717) is 11.6 Å². The fraction of sp³-hybridized carbons (Fsp3) is 0.0556. The predicted octanol–water partition coefficient (Wildman–Crippen LogP) is 3.12. The third kappa shape index (κ3) is 3.62. The van der Waals surface area contributed by atoms with Crippen molar-refractivity contribution in [1.82, 2.24) is 24.7 Å². The van der Waals surface area contributed by atoms with Crippen molar-refractivity contribution < 1.29 is 26.8 Å². The number of fused-ring (bicyclic) bond motifs is 1. The van der Waals surface area contributed by atoms with Crippen LogP contribution in [0, 0.1) is 6.01 Å². The smallest absolute Gasteiger partial charge is 0.416 e. The van der Waals surface area contributed by atoms with E-state index in [1.807, 2.05) is 0 Å². The minimum Gasteiger partial charge on any atom is -0.431 e. The predicted molar refractivity (Wildman–Crippen MR) is 95.6 cm³/mol. The molecule has 3 aromatic heterocycles. The number of benzene rings is 1. The summed E-state index contributed by atoms with van der Waals surface area (Å²) in [5, 5.41) is 4.12. The fourth-order valence-electron chi connectivity index (χ4n) is 2.77. The van der Waals surface area contributed by atoms with Crippen LogP contribution in [0.1, 0.15) is 11.1 Å². The quantitative estimate of drug-likeness (QED) is 0.403. The van der Waals surface area contributed by atoms with Gasteiger partial charge in [0.2, 0.25) is 0 Å². The largest absolute Gasteiger partial charge is 0.431 e. The minimum absolute atomic E-state index is 0.00408. The highest BCUT2D eigenvalue weighted by atomic mass is 19.4. The molecule has 0 saturated carbocycles. The summed E-state index contributed by atoms with van der Waals surface area (Å²) in [6, 6.07) is 1.38. The van der Waals surface area contributed by atoms with Crippen molar-refractivity contribution in [2.24, 2.45) is 5.73 Å². The molecule has 0 spiro atoms. The SMILES string of the molecule is NC(=O)/C(=C/n1cnc(-c2cc(C(F)(F)F)cc3oc(F)cc23)n1)c1cncnc1. The van der Waals surface area contributed by atoms with Crippen LogP contribution >= 0.6 is 0 Å². The number of hydrogen-bond donors (Lipinski definition) is 1. The summed E-state index contributed by atoms with van der Waals surface area (Å²) >= 11 is 0. The molecule has 0 atom stereocenters. The number of halogens is 4. The molecule has 2 N–H and O–H groups in total. The Balaban J connectivity index is 1.83. The van der Waals surface area contributed by atoms with Gasteiger partial charge in [-0.1, -0.05) is 0 Å². The molecule has 8 nitrogen and oxygen atoms in total. The van der Waals surface area contributed by atoms with Gasteiger partial charge in [0.15, 0.2) is 5.82 Å². The summed E-state index contributed by atoms with van der Waals surface area (Å²) in [6.45, 7) is 0. The molecular formula is C18H10F4N6O2. The summed E-state index contributed by atoms with van der Waals surface area (Å²) in [5.74, 6) is -0.948. The van der Waals surface area contributed by atoms with Crippen LogP contribution < -0.4 is 5.73 Å². The molecule has 0 aliphatic rings. The number of carbonyl (C=O) groups excluding carboxylic acids is 1. The van der Waals surface area contributed by atoms with Crippen LogP contribution in [0.3, 0.4) is 0 Å². The number of alkyl halides is 3. The van der Waals surface area contributed by atoms with Gasteiger partial charge < -0.3 is 10.2 Å². The van der Waals surface area contributed by atoms with E-state index in [1.54, 1.807) is 0 Å². The Hall–Kier alpha value is -4.09. The van der Waals surface area contributed by atoms with Gasteiger partial charge in [0.05, 0.1) is 11.1 Å². The Bertz CT molecular complexity index is 1280. The summed E-state index contributed by atoms with van der Waals surface area (Å²) < 4.78 is 59.0. The topological polar surface area (TPSA) is 113 Å². The van der Waals surface area contributed by atoms with Crippen LogP contribution in [0.5, 0.6) is 0 Å². The summed E-state index contributed by atoms with van der Waals surface area (Å²) in [4.78, 5) is 23.3. The van der Waals surface area contributed by atoms with E-state index in [9.17, 15) is 22.4 Å². The zero-order valence-electron chi connectivity index (χ0n) is 14.8. The van der Waals surface area contributed by atoms with Crippen LogP contribution in [-0.2, 0) is 11.0 Å². The number of primary amides is 1. The summed E-state index contributed by atoms with van der Waals surface area (Å²) in [6.07, 6.45) is 1.65. The average molecular weight is 418 g/mol. The van der Waals surface area contributed by atoms with Gasteiger partial charge in [-0.25, -0.2) is 19.6 Å². The molecule has 0 aliphatic heterocycles. The van der Waals surface area contributed by atoms with Crippen molar-refractivity contribution in [2.45, 2.75) is 6.18 Å². The molecule has 0 aliphatic carbocycles. The number of amides is 1. The molecule has 0 fully saturated rings. The van der Waals surface area contributed by atoms with Gasteiger partial charge in [0.25, 0.3) is 11.9 Å². The Kier molecular flexibility index (Phi) is 4.53. The molecule has 1 amide bonds. The lowest BCUT2D eigenvalue weighted by atomic mass is 10.1. The van der Waals surface area contributed by atoms with Crippen LogP contribution in [-0.4, -0.2) is 30.6 Å². The van der Waals surface area contributed by atoms with Crippen molar-refractivity contribution in [3.63, 3.8) is 0 Å². The summed E-state index contributed by atoms with van der Waals surface area (Å²) in [5.41, 5.74) is 4.23. The maximum absolute atomic E-state index is 13.5. The molecule has 4 aromatic rings. The molecule has 3 heterocycles. The van der Waals surface area contributed by atoms with Gasteiger partial charge in [-0.05, 0) is 12.1 Å². The van der Waals surface area contributed by atoms with Crippen molar-refractivity contribution in [1.29, 1.82) is 0 Å². The second-order valence-electron chi connectivity index (χ2n) is 6.07. The van der Waals surface area contributed by atoms with Crippen molar-refractivity contribution in [3.05, 3.63) is 60.4 Å². The van der Waals surface area contributed by atoms with Crippen LogP contribution in [0.15, 0.2) is 47.7 Å². The molecule has 0 radical (unpaired) electrons. The lowest BCUT2D eigenvalue weighted by Gasteiger charge is -2.08. The average Bonchev–Trinajstić information content (AvgIpc) is 3.30. The Morgan fingerprint density at radius 2 is 1.90 bits per heavy atom. The maximum Gasteiger partial charge on any atom is 0.416 e. The number of furan rings is 1. The number of nitrogens with two attached hydrogens (primary N) is 1. The maximum atomic E-state index is 13.5. The van der Waals surface area contributed by atoms with Crippen LogP contribution in [0.2, 0.25) is 0 Å². The lowest BCUT2D eigenvalue weighted by Crippen LogP contribution is -2.14. The molecule has 1 aromatic carbocycles. The number of aromatic nitrogens is 5. The fourth-order valence-corrected chi connectivity index (χ4v) is 2.77. The molecule has 12 heteroatoms. The third-order valence-corrected chi connectivity index (χ3v) is 4.08. The highest BCUT2D eigenvalue weighted by Crippen LogP contribution is 2.37. The Labute approximate surface area is 164 Å². The monoisotopic (exact) mass is 418 g/mol. The van der Waals surface area contributed by atoms with E-state index in [0.717, 1.165) is 23.1 Å². The first kappa shape index (κ1) is 19.2. The first-order valence-corrected chi connectivity index (χ1v) is 8.21. The molecular weight excluding hydrogens is 408 g/mol. The van der Waals surface area contributed by atoms with Crippen molar-refractivity contribution in [2.75, 3.05) is 0 Å². The number of nitrogens with zero attached hydrogens (tertiary/aromatic N) is 5. The third-order valence-electron chi connectivity index (χ3n) is 4.08. The van der Waals surface area contributed by atoms with Gasteiger partial charge in [-0.3, -0.25) is 4.79 Å². The molecule has 0 bridgehead atoms. The Morgan fingerprint density at radius 3 is 2.57 bits per heavy atom.